The highest BCUT2D eigenvalue weighted by Crippen LogP contribution is 2.15. The summed E-state index contributed by atoms with van der Waals surface area (Å²) in [5.74, 6) is 0.535. The Labute approximate surface area is 104 Å². The molecule has 0 bridgehead atoms. The Balaban J connectivity index is 2.26. The maximum absolute atomic E-state index is 5.74. The van der Waals surface area contributed by atoms with Crippen LogP contribution in [0, 0.1) is 0 Å². The summed E-state index contributed by atoms with van der Waals surface area (Å²) < 4.78 is 5.66. The predicted octanol–water partition coefficient (Wildman–Crippen LogP) is 0.410. The molecule has 1 aliphatic rings. The Morgan fingerprint density at radius 3 is 2.82 bits per heavy atom. The lowest BCUT2D eigenvalue weighted by Crippen LogP contribution is -2.49. The molecule has 1 saturated heterocycles. The number of nitrogens with two attached hydrogens (primary N) is 1. The van der Waals surface area contributed by atoms with Crippen LogP contribution in [0.1, 0.15) is 27.7 Å². The molecule has 17 heavy (non-hydrogen) atoms. The van der Waals surface area contributed by atoms with Crippen LogP contribution in [-0.2, 0) is 4.74 Å². The normalized spacial score (nSPS) is 21.8. The minimum Gasteiger partial charge on any atom is -0.373 e. The number of morpholine rings is 1. The first-order valence-electron chi connectivity index (χ1n) is 6.32. The number of hydrogen-bond donors (Lipinski definition) is 2. The van der Waals surface area contributed by atoms with E-state index in [9.17, 15) is 0 Å². The van der Waals surface area contributed by atoms with Crippen molar-refractivity contribution in [1.29, 1.82) is 0 Å². The van der Waals surface area contributed by atoms with Crippen LogP contribution in [0.4, 0.5) is 0 Å². The molecular weight excluding hydrogens is 216 g/mol. The average molecular weight is 242 g/mol. The zero-order chi connectivity index (χ0) is 12.9. The second-order valence-electron chi connectivity index (χ2n) is 5.45. The third kappa shape index (κ3) is 5.89. The van der Waals surface area contributed by atoms with Crippen LogP contribution < -0.4 is 11.1 Å². The minimum absolute atomic E-state index is 0.0380. The monoisotopic (exact) mass is 242 g/mol. The molecular formula is C12H26N4O. The fourth-order valence-corrected chi connectivity index (χ4v) is 1.96. The molecule has 0 aliphatic carbocycles. The highest BCUT2D eigenvalue weighted by atomic mass is 16.5. The van der Waals surface area contributed by atoms with Gasteiger partial charge < -0.3 is 15.8 Å². The van der Waals surface area contributed by atoms with Gasteiger partial charge in [-0.3, -0.25) is 9.89 Å². The maximum atomic E-state index is 5.74. The van der Waals surface area contributed by atoms with Gasteiger partial charge in [0.15, 0.2) is 5.96 Å². The molecule has 100 valence electrons. The van der Waals surface area contributed by atoms with Crippen LogP contribution in [0.2, 0.25) is 0 Å². The van der Waals surface area contributed by atoms with Crippen LogP contribution in [0.15, 0.2) is 4.99 Å². The van der Waals surface area contributed by atoms with Crippen molar-refractivity contribution in [3.63, 3.8) is 0 Å². The van der Waals surface area contributed by atoms with Crippen molar-refractivity contribution < 1.29 is 4.74 Å². The van der Waals surface area contributed by atoms with Gasteiger partial charge in [-0.15, -0.1) is 0 Å². The van der Waals surface area contributed by atoms with Gasteiger partial charge in [0.2, 0.25) is 0 Å². The average Bonchev–Trinajstić information content (AvgIpc) is 2.14. The first-order valence-corrected chi connectivity index (χ1v) is 6.32. The molecule has 0 atom stereocenters. The Bertz CT molecular complexity index is 263. The predicted molar refractivity (Wildman–Crippen MR) is 71.2 cm³/mol. The largest absolute Gasteiger partial charge is 0.373 e. The quantitative estimate of drug-likeness (QED) is 0.554. The highest BCUT2D eigenvalue weighted by Gasteiger charge is 2.26. The molecule has 1 fully saturated rings. The summed E-state index contributed by atoms with van der Waals surface area (Å²) in [4.78, 5) is 6.68. The molecule has 0 unspecified atom stereocenters. The fraction of sp³-hybridized carbons (Fsp3) is 0.917. The van der Waals surface area contributed by atoms with E-state index in [-0.39, 0.29) is 5.60 Å². The van der Waals surface area contributed by atoms with Gasteiger partial charge in [0.1, 0.15) is 0 Å². The molecule has 0 radical (unpaired) electrons. The maximum Gasteiger partial charge on any atom is 0.188 e. The van der Waals surface area contributed by atoms with E-state index in [2.05, 4.69) is 29.1 Å². The van der Waals surface area contributed by atoms with Gasteiger partial charge in [0.25, 0.3) is 0 Å². The number of rotatable bonds is 4. The molecule has 1 rings (SSSR count). The Morgan fingerprint density at radius 1 is 1.53 bits per heavy atom. The van der Waals surface area contributed by atoms with E-state index in [4.69, 9.17) is 10.5 Å². The van der Waals surface area contributed by atoms with E-state index in [1.807, 2.05) is 13.8 Å². The third-order valence-corrected chi connectivity index (χ3v) is 2.64. The molecule has 0 aromatic rings. The zero-order valence-electron chi connectivity index (χ0n) is 11.5. The molecule has 1 aliphatic heterocycles. The molecule has 5 heteroatoms. The summed E-state index contributed by atoms with van der Waals surface area (Å²) in [7, 11) is 0. The number of guanidine groups is 1. The van der Waals surface area contributed by atoms with E-state index >= 15 is 0 Å². The Hall–Kier alpha value is -0.810. The highest BCUT2D eigenvalue weighted by molar-refractivity contribution is 5.78. The van der Waals surface area contributed by atoms with E-state index in [0.717, 1.165) is 32.8 Å². The lowest BCUT2D eigenvalue weighted by molar-refractivity contribution is -0.0850. The van der Waals surface area contributed by atoms with Gasteiger partial charge in [-0.25, -0.2) is 0 Å². The van der Waals surface area contributed by atoms with Gasteiger partial charge in [0.05, 0.1) is 18.8 Å². The van der Waals surface area contributed by atoms with Gasteiger partial charge in [-0.2, -0.15) is 0 Å². The molecule has 0 saturated carbocycles. The van der Waals surface area contributed by atoms with Gasteiger partial charge in [-0.1, -0.05) is 0 Å². The van der Waals surface area contributed by atoms with Crippen LogP contribution in [0.5, 0.6) is 0 Å². The van der Waals surface area contributed by atoms with Gasteiger partial charge in [-0.05, 0) is 27.7 Å². The van der Waals surface area contributed by atoms with Crippen LogP contribution in [-0.4, -0.2) is 55.3 Å². The summed E-state index contributed by atoms with van der Waals surface area (Å²) >= 11 is 0. The van der Waals surface area contributed by atoms with Crippen molar-refractivity contribution in [3.8, 4) is 0 Å². The molecule has 0 amide bonds. The van der Waals surface area contributed by atoms with Crippen LogP contribution in [0.25, 0.3) is 0 Å². The molecule has 0 aromatic carbocycles. The molecule has 0 aromatic heterocycles. The first-order chi connectivity index (χ1) is 7.89. The van der Waals surface area contributed by atoms with Crippen molar-refractivity contribution >= 4 is 5.96 Å². The van der Waals surface area contributed by atoms with Crippen LogP contribution >= 0.6 is 0 Å². The summed E-state index contributed by atoms with van der Waals surface area (Å²) in [5.41, 5.74) is 5.70. The van der Waals surface area contributed by atoms with Crippen molar-refractivity contribution in [1.82, 2.24) is 10.2 Å². The number of ether oxygens (including phenoxy) is 1. The Morgan fingerprint density at radius 2 is 2.24 bits per heavy atom. The minimum atomic E-state index is -0.0380. The summed E-state index contributed by atoms with van der Waals surface area (Å²) in [6.45, 7) is 12.8. The zero-order valence-corrected chi connectivity index (χ0v) is 11.5. The van der Waals surface area contributed by atoms with Gasteiger partial charge in [0, 0.05) is 25.7 Å². The van der Waals surface area contributed by atoms with Gasteiger partial charge >= 0.3 is 0 Å². The van der Waals surface area contributed by atoms with E-state index in [1.54, 1.807) is 0 Å². The van der Waals surface area contributed by atoms with E-state index in [0.29, 0.717) is 12.0 Å². The summed E-state index contributed by atoms with van der Waals surface area (Å²) in [5, 5.41) is 3.08. The lowest BCUT2D eigenvalue weighted by Gasteiger charge is -2.37. The number of nitrogens with one attached hydrogen (secondary N) is 1. The molecule has 3 N–H and O–H groups in total. The fourth-order valence-electron chi connectivity index (χ4n) is 1.96. The van der Waals surface area contributed by atoms with Crippen molar-refractivity contribution in [2.45, 2.75) is 39.3 Å². The third-order valence-electron chi connectivity index (χ3n) is 2.64. The molecule has 1 heterocycles. The smallest absolute Gasteiger partial charge is 0.188 e. The van der Waals surface area contributed by atoms with E-state index in [1.165, 1.54) is 0 Å². The first kappa shape index (κ1) is 14.3. The SMILES string of the molecule is CC(C)NC(N)=NCCN1CCOC(C)(C)C1. The van der Waals surface area contributed by atoms with Crippen molar-refractivity contribution in [2.24, 2.45) is 10.7 Å². The number of nitrogens with zero attached hydrogens (tertiary/aromatic N) is 2. The second-order valence-corrected chi connectivity index (χ2v) is 5.45. The van der Waals surface area contributed by atoms with Crippen LogP contribution in [0.3, 0.4) is 0 Å². The number of aliphatic imine (C=N–C) groups is 1. The van der Waals surface area contributed by atoms with Crippen molar-refractivity contribution in [2.75, 3.05) is 32.8 Å². The topological polar surface area (TPSA) is 62.9 Å². The molecule has 0 spiro atoms. The molecule has 5 nitrogen and oxygen atoms in total. The summed E-state index contributed by atoms with van der Waals surface area (Å²) in [6.07, 6.45) is 0. The van der Waals surface area contributed by atoms with Crippen molar-refractivity contribution in [3.05, 3.63) is 0 Å². The standard InChI is InChI=1S/C12H26N4O/c1-10(2)15-11(13)14-5-6-16-7-8-17-12(3,4)9-16/h10H,5-9H2,1-4H3,(H3,13,14,15). The van der Waals surface area contributed by atoms with E-state index < -0.39 is 0 Å². The number of hydrogen-bond acceptors (Lipinski definition) is 3. The summed E-state index contributed by atoms with van der Waals surface area (Å²) in [6, 6.07) is 0.334. The second kappa shape index (κ2) is 6.21. The lowest BCUT2D eigenvalue weighted by atomic mass is 10.1. The Kier molecular flexibility index (Phi) is 5.21.